The Morgan fingerprint density at radius 3 is 2.26 bits per heavy atom. The van der Waals surface area contributed by atoms with Crippen LogP contribution in [0.2, 0.25) is 0 Å². The average Bonchev–Trinajstić information content (AvgIpc) is 2.32. The Hall–Kier alpha value is -1.20. The summed E-state index contributed by atoms with van der Waals surface area (Å²) < 4.78 is 28.1. The van der Waals surface area contributed by atoms with E-state index in [0.717, 1.165) is 6.54 Å². The molecule has 1 aromatic carbocycles. The highest BCUT2D eigenvalue weighted by molar-refractivity contribution is 5.51. The van der Waals surface area contributed by atoms with Crippen molar-refractivity contribution in [2.24, 2.45) is 0 Å². The molecule has 2 rings (SSSR count). The Balaban J connectivity index is 2.33. The lowest BCUT2D eigenvalue weighted by atomic mass is 9.99. The molecule has 1 aromatic rings. The minimum absolute atomic E-state index is 0.0124. The Labute approximate surface area is 112 Å². The molecule has 1 aliphatic heterocycles. The van der Waals surface area contributed by atoms with E-state index in [1.165, 1.54) is 12.1 Å². The molecule has 0 spiro atoms. The van der Waals surface area contributed by atoms with Gasteiger partial charge in [0.1, 0.15) is 17.3 Å². The maximum atomic E-state index is 14.0. The number of hydrogen-bond acceptors (Lipinski definition) is 3. The highest BCUT2D eigenvalue weighted by Crippen LogP contribution is 2.29. The molecule has 0 aliphatic carbocycles. The van der Waals surface area contributed by atoms with Gasteiger partial charge >= 0.3 is 0 Å². The van der Waals surface area contributed by atoms with Crippen LogP contribution in [0.3, 0.4) is 0 Å². The van der Waals surface area contributed by atoms with Gasteiger partial charge in [-0.05, 0) is 38.6 Å². The van der Waals surface area contributed by atoms with E-state index < -0.39 is 11.6 Å². The third kappa shape index (κ3) is 2.72. The number of aliphatic hydroxyl groups is 1. The van der Waals surface area contributed by atoms with Gasteiger partial charge in [-0.3, -0.25) is 4.90 Å². The van der Waals surface area contributed by atoms with Crippen molar-refractivity contribution in [3.63, 3.8) is 0 Å². The minimum Gasteiger partial charge on any atom is -0.392 e. The van der Waals surface area contributed by atoms with Gasteiger partial charge in [0.05, 0.1) is 6.61 Å². The summed E-state index contributed by atoms with van der Waals surface area (Å²) in [6.45, 7) is 5.66. The summed E-state index contributed by atoms with van der Waals surface area (Å²) in [5.41, 5.74) is 0.137. The Morgan fingerprint density at radius 2 is 1.79 bits per heavy atom. The normalized spacial score (nSPS) is 19.8. The zero-order valence-corrected chi connectivity index (χ0v) is 11.6. The number of rotatable bonds is 2. The summed E-state index contributed by atoms with van der Waals surface area (Å²) in [5.74, 6) is -1.21. The van der Waals surface area contributed by atoms with Gasteiger partial charge in [-0.1, -0.05) is 0 Å². The molecule has 0 atom stereocenters. The topological polar surface area (TPSA) is 26.7 Å². The third-order valence-electron chi connectivity index (χ3n) is 3.89. The number of benzene rings is 1. The predicted molar refractivity (Wildman–Crippen MR) is 71.2 cm³/mol. The van der Waals surface area contributed by atoms with Gasteiger partial charge in [-0.15, -0.1) is 0 Å². The smallest absolute Gasteiger partial charge is 0.149 e. The molecular weight excluding hydrogens is 250 g/mol. The van der Waals surface area contributed by atoms with Gasteiger partial charge in [-0.25, -0.2) is 8.78 Å². The molecule has 0 amide bonds. The van der Waals surface area contributed by atoms with Crippen LogP contribution in [0.15, 0.2) is 12.1 Å². The van der Waals surface area contributed by atoms with Gasteiger partial charge in [0, 0.05) is 25.2 Å². The zero-order chi connectivity index (χ0) is 14.2. The molecule has 0 aromatic heterocycles. The van der Waals surface area contributed by atoms with Gasteiger partial charge in [-0.2, -0.15) is 0 Å². The lowest BCUT2D eigenvalue weighted by Crippen LogP contribution is -2.58. The zero-order valence-electron chi connectivity index (χ0n) is 11.6. The van der Waals surface area contributed by atoms with Crippen molar-refractivity contribution >= 4 is 5.69 Å². The maximum Gasteiger partial charge on any atom is 0.149 e. The van der Waals surface area contributed by atoms with Crippen molar-refractivity contribution in [3.8, 4) is 0 Å². The van der Waals surface area contributed by atoms with E-state index in [0.29, 0.717) is 13.1 Å². The van der Waals surface area contributed by atoms with Gasteiger partial charge < -0.3 is 10.0 Å². The first kappa shape index (κ1) is 14.2. The first-order valence-corrected chi connectivity index (χ1v) is 6.40. The standard InChI is InChI=1S/C14H20F2N2O/c1-14(2)9-18(5-4-17(14)3)13-11(15)6-10(8-19)7-12(13)16/h6-7,19H,4-5,8-9H2,1-3H3. The second kappa shape index (κ2) is 5.06. The number of anilines is 1. The number of aliphatic hydroxyl groups excluding tert-OH is 1. The lowest BCUT2D eigenvalue weighted by molar-refractivity contribution is 0.138. The van der Waals surface area contributed by atoms with E-state index in [4.69, 9.17) is 5.11 Å². The highest BCUT2D eigenvalue weighted by Gasteiger charge is 2.33. The van der Waals surface area contributed by atoms with Crippen molar-refractivity contribution in [1.29, 1.82) is 0 Å². The molecule has 0 unspecified atom stereocenters. The van der Waals surface area contributed by atoms with Gasteiger partial charge in [0.2, 0.25) is 0 Å². The number of piperazine rings is 1. The third-order valence-corrected chi connectivity index (χ3v) is 3.89. The fourth-order valence-corrected chi connectivity index (χ4v) is 2.44. The maximum absolute atomic E-state index is 14.0. The van der Waals surface area contributed by atoms with Crippen molar-refractivity contribution in [2.45, 2.75) is 26.0 Å². The van der Waals surface area contributed by atoms with Crippen LogP contribution in [-0.2, 0) is 6.61 Å². The van der Waals surface area contributed by atoms with Crippen molar-refractivity contribution in [2.75, 3.05) is 31.6 Å². The number of halogens is 2. The number of likely N-dealkylation sites (N-methyl/N-ethyl adjacent to an activating group) is 1. The molecule has 0 bridgehead atoms. The quantitative estimate of drug-likeness (QED) is 0.890. The monoisotopic (exact) mass is 270 g/mol. The molecular formula is C14H20F2N2O. The van der Waals surface area contributed by atoms with Gasteiger partial charge in [0.25, 0.3) is 0 Å². The second-order valence-electron chi connectivity index (χ2n) is 5.72. The fraction of sp³-hybridized carbons (Fsp3) is 0.571. The summed E-state index contributed by atoms with van der Waals surface area (Å²) >= 11 is 0. The summed E-state index contributed by atoms with van der Waals surface area (Å²) in [5, 5.41) is 8.95. The van der Waals surface area contributed by atoms with E-state index in [9.17, 15) is 8.78 Å². The Kier molecular flexibility index (Phi) is 3.78. The SMILES string of the molecule is CN1CCN(c2c(F)cc(CO)cc2F)CC1(C)C. The summed E-state index contributed by atoms with van der Waals surface area (Å²) in [7, 11) is 2.01. The molecule has 0 saturated carbocycles. The minimum atomic E-state index is -0.607. The largest absolute Gasteiger partial charge is 0.392 e. The molecule has 1 N–H and O–H groups in total. The predicted octanol–water partition coefficient (Wildman–Crippen LogP) is 1.99. The van der Waals surface area contributed by atoms with E-state index in [2.05, 4.69) is 18.7 Å². The molecule has 0 radical (unpaired) electrons. The number of nitrogens with zero attached hydrogens (tertiary/aromatic N) is 2. The molecule has 1 aliphatic rings. The first-order chi connectivity index (χ1) is 8.85. The van der Waals surface area contributed by atoms with Crippen molar-refractivity contribution in [3.05, 3.63) is 29.3 Å². The van der Waals surface area contributed by atoms with Crippen LogP contribution in [-0.4, -0.2) is 42.2 Å². The van der Waals surface area contributed by atoms with E-state index in [1.807, 2.05) is 7.05 Å². The van der Waals surface area contributed by atoms with Crippen molar-refractivity contribution in [1.82, 2.24) is 4.90 Å². The highest BCUT2D eigenvalue weighted by atomic mass is 19.1. The first-order valence-electron chi connectivity index (χ1n) is 6.40. The average molecular weight is 270 g/mol. The van der Waals surface area contributed by atoms with Crippen LogP contribution >= 0.6 is 0 Å². The molecule has 3 nitrogen and oxygen atoms in total. The Morgan fingerprint density at radius 1 is 1.21 bits per heavy atom. The summed E-state index contributed by atoms with van der Waals surface area (Å²) in [6.07, 6.45) is 0. The second-order valence-corrected chi connectivity index (χ2v) is 5.72. The van der Waals surface area contributed by atoms with Crippen LogP contribution in [0, 0.1) is 11.6 Å². The Bertz CT molecular complexity index is 454. The summed E-state index contributed by atoms with van der Waals surface area (Å²) in [6, 6.07) is 2.40. The van der Waals surface area contributed by atoms with Crippen LogP contribution < -0.4 is 4.90 Å². The van der Waals surface area contributed by atoms with E-state index in [1.54, 1.807) is 4.90 Å². The van der Waals surface area contributed by atoms with Crippen LogP contribution in [0.25, 0.3) is 0 Å². The molecule has 5 heteroatoms. The van der Waals surface area contributed by atoms with E-state index in [-0.39, 0.29) is 23.4 Å². The van der Waals surface area contributed by atoms with Gasteiger partial charge in [0.15, 0.2) is 0 Å². The van der Waals surface area contributed by atoms with Crippen molar-refractivity contribution < 1.29 is 13.9 Å². The van der Waals surface area contributed by atoms with Crippen LogP contribution in [0.5, 0.6) is 0 Å². The number of hydrogen-bond donors (Lipinski definition) is 1. The molecule has 1 heterocycles. The molecule has 106 valence electrons. The van der Waals surface area contributed by atoms with E-state index >= 15 is 0 Å². The van der Waals surface area contributed by atoms with Crippen LogP contribution in [0.1, 0.15) is 19.4 Å². The lowest BCUT2D eigenvalue weighted by Gasteiger charge is -2.46. The fourth-order valence-electron chi connectivity index (χ4n) is 2.44. The molecule has 1 fully saturated rings. The van der Waals surface area contributed by atoms with Crippen LogP contribution in [0.4, 0.5) is 14.5 Å². The summed E-state index contributed by atoms with van der Waals surface area (Å²) in [4.78, 5) is 3.92. The molecule has 1 saturated heterocycles. The molecule has 19 heavy (non-hydrogen) atoms.